The van der Waals surface area contributed by atoms with Gasteiger partial charge >= 0.3 is 6.18 Å². The van der Waals surface area contributed by atoms with Gasteiger partial charge in [-0.1, -0.05) is 0 Å². The van der Waals surface area contributed by atoms with Gasteiger partial charge in [-0.15, -0.1) is 0 Å². The monoisotopic (exact) mass is 210 g/mol. The van der Waals surface area contributed by atoms with E-state index in [1.807, 2.05) is 0 Å². The highest BCUT2D eigenvalue weighted by molar-refractivity contribution is 5.32. The van der Waals surface area contributed by atoms with E-state index in [1.165, 1.54) is 14.0 Å². The topological polar surface area (TPSA) is 55.1 Å². The summed E-state index contributed by atoms with van der Waals surface area (Å²) in [7, 11) is 1.27. The van der Waals surface area contributed by atoms with Crippen molar-refractivity contribution in [1.82, 2.24) is 9.78 Å². The fourth-order valence-electron chi connectivity index (χ4n) is 0.876. The molecule has 4 nitrogen and oxygen atoms in total. The SMILES string of the molecule is Cc1cc(C(F)(F)F)n(C)n1.O=CO. The lowest BCUT2D eigenvalue weighted by Gasteiger charge is -2.04. The van der Waals surface area contributed by atoms with Crippen LogP contribution in [0.4, 0.5) is 13.2 Å². The molecule has 0 bridgehead atoms. The summed E-state index contributed by atoms with van der Waals surface area (Å²) in [6.45, 7) is 1.27. The molecule has 0 aliphatic rings. The third-order valence-corrected chi connectivity index (χ3v) is 1.29. The molecule has 0 aliphatic carbocycles. The van der Waals surface area contributed by atoms with Crippen LogP contribution in [-0.4, -0.2) is 21.4 Å². The molecule has 0 aromatic carbocycles. The average Bonchev–Trinajstić information content (AvgIpc) is 2.30. The van der Waals surface area contributed by atoms with Crippen LogP contribution in [0.2, 0.25) is 0 Å². The van der Waals surface area contributed by atoms with Gasteiger partial charge in [-0.25, -0.2) is 0 Å². The van der Waals surface area contributed by atoms with Crippen LogP contribution in [0.15, 0.2) is 6.07 Å². The lowest BCUT2D eigenvalue weighted by atomic mass is 10.4. The molecule has 0 atom stereocenters. The maximum Gasteiger partial charge on any atom is 0.433 e. The van der Waals surface area contributed by atoms with Crippen LogP contribution in [0, 0.1) is 6.92 Å². The Hall–Kier alpha value is -1.53. The molecule has 0 fully saturated rings. The number of aromatic nitrogens is 2. The Morgan fingerprint density at radius 1 is 1.57 bits per heavy atom. The molecular formula is C7H9F3N2O2. The fraction of sp³-hybridized carbons (Fsp3) is 0.429. The average molecular weight is 210 g/mol. The van der Waals surface area contributed by atoms with Gasteiger partial charge in [0.2, 0.25) is 0 Å². The quantitative estimate of drug-likeness (QED) is 0.659. The standard InChI is InChI=1S/C6H7F3N2.CH2O2/c1-4-3-5(6(7,8)9)11(2)10-4;2-1-3/h3H,1-2H3;1H,(H,2,3). The van der Waals surface area contributed by atoms with Gasteiger partial charge in [-0.3, -0.25) is 9.48 Å². The molecule has 1 aromatic heterocycles. The van der Waals surface area contributed by atoms with Crippen LogP contribution in [0.25, 0.3) is 0 Å². The van der Waals surface area contributed by atoms with Crippen molar-refractivity contribution in [2.75, 3.05) is 0 Å². The number of halogens is 3. The molecule has 80 valence electrons. The van der Waals surface area contributed by atoms with Crippen LogP contribution in [0.1, 0.15) is 11.4 Å². The predicted molar refractivity (Wildman–Crippen MR) is 41.6 cm³/mol. The molecule has 0 unspecified atom stereocenters. The van der Waals surface area contributed by atoms with Crippen LogP contribution < -0.4 is 0 Å². The number of aryl methyl sites for hydroxylation is 2. The summed E-state index contributed by atoms with van der Waals surface area (Å²) in [6, 6.07) is 1.01. The van der Waals surface area contributed by atoms with E-state index in [0.717, 1.165) is 10.7 Å². The molecule has 0 spiro atoms. The Bertz CT molecular complexity index is 306. The second kappa shape index (κ2) is 4.64. The van der Waals surface area contributed by atoms with Gasteiger partial charge < -0.3 is 5.11 Å². The zero-order chi connectivity index (χ0) is 11.4. The minimum absolute atomic E-state index is 0.250. The molecule has 0 aliphatic heterocycles. The van der Waals surface area contributed by atoms with Gasteiger partial charge in [0, 0.05) is 7.05 Å². The Morgan fingerprint density at radius 3 is 2.14 bits per heavy atom. The molecule has 0 saturated carbocycles. The van der Waals surface area contributed by atoms with Gasteiger partial charge in [-0.05, 0) is 13.0 Å². The van der Waals surface area contributed by atoms with Crippen molar-refractivity contribution in [3.63, 3.8) is 0 Å². The molecule has 1 aromatic rings. The van der Waals surface area contributed by atoms with E-state index in [4.69, 9.17) is 9.90 Å². The highest BCUT2D eigenvalue weighted by Crippen LogP contribution is 2.28. The zero-order valence-electron chi connectivity index (χ0n) is 7.54. The summed E-state index contributed by atoms with van der Waals surface area (Å²) < 4.78 is 36.8. The maximum atomic E-state index is 12.0. The third-order valence-electron chi connectivity index (χ3n) is 1.29. The van der Waals surface area contributed by atoms with Gasteiger partial charge in [-0.2, -0.15) is 18.3 Å². The van der Waals surface area contributed by atoms with Gasteiger partial charge in [0.25, 0.3) is 6.47 Å². The Kier molecular flexibility index (Phi) is 4.13. The van der Waals surface area contributed by atoms with E-state index in [9.17, 15) is 13.2 Å². The van der Waals surface area contributed by atoms with Crippen molar-refractivity contribution in [3.05, 3.63) is 17.5 Å². The Labute approximate surface area is 78.0 Å². The molecule has 1 heterocycles. The van der Waals surface area contributed by atoms with Crippen molar-refractivity contribution >= 4 is 6.47 Å². The minimum Gasteiger partial charge on any atom is -0.483 e. The second-order valence-corrected chi connectivity index (χ2v) is 2.40. The van der Waals surface area contributed by atoms with Gasteiger partial charge in [0.15, 0.2) is 0 Å². The Balaban J connectivity index is 0.000000500. The zero-order valence-corrected chi connectivity index (χ0v) is 7.54. The first-order chi connectivity index (χ1) is 6.32. The molecule has 7 heteroatoms. The second-order valence-electron chi connectivity index (χ2n) is 2.40. The first-order valence-electron chi connectivity index (χ1n) is 3.48. The van der Waals surface area contributed by atoms with Crippen molar-refractivity contribution in [1.29, 1.82) is 0 Å². The first-order valence-corrected chi connectivity index (χ1v) is 3.48. The largest absolute Gasteiger partial charge is 0.483 e. The minimum atomic E-state index is -4.30. The van der Waals surface area contributed by atoms with E-state index < -0.39 is 11.9 Å². The molecule has 14 heavy (non-hydrogen) atoms. The smallest absolute Gasteiger partial charge is 0.433 e. The maximum absolute atomic E-state index is 12.0. The van der Waals surface area contributed by atoms with E-state index in [1.54, 1.807) is 0 Å². The van der Waals surface area contributed by atoms with Gasteiger partial charge in [0.05, 0.1) is 5.69 Å². The third kappa shape index (κ3) is 3.46. The summed E-state index contributed by atoms with van der Waals surface area (Å²) in [4.78, 5) is 8.36. The number of hydrogen-bond donors (Lipinski definition) is 1. The van der Waals surface area contributed by atoms with Crippen molar-refractivity contribution in [2.24, 2.45) is 7.05 Å². The summed E-state index contributed by atoms with van der Waals surface area (Å²) in [5.74, 6) is 0. The van der Waals surface area contributed by atoms with Crippen LogP contribution in [0.5, 0.6) is 0 Å². The predicted octanol–water partition coefficient (Wildman–Crippen LogP) is 1.45. The summed E-state index contributed by atoms with van der Waals surface area (Å²) in [6.07, 6.45) is -4.30. The highest BCUT2D eigenvalue weighted by atomic mass is 19.4. The Morgan fingerprint density at radius 2 is 2.00 bits per heavy atom. The number of rotatable bonds is 0. The molecule has 0 saturated heterocycles. The number of hydrogen-bond acceptors (Lipinski definition) is 2. The van der Waals surface area contributed by atoms with Crippen LogP contribution in [-0.2, 0) is 18.0 Å². The van der Waals surface area contributed by atoms with E-state index in [-0.39, 0.29) is 6.47 Å². The molecular weight excluding hydrogens is 201 g/mol. The first kappa shape index (κ1) is 12.5. The van der Waals surface area contributed by atoms with E-state index in [2.05, 4.69) is 5.10 Å². The molecule has 1 rings (SSSR count). The van der Waals surface area contributed by atoms with E-state index in [0.29, 0.717) is 5.69 Å². The van der Waals surface area contributed by atoms with Gasteiger partial charge in [0.1, 0.15) is 5.69 Å². The lowest BCUT2D eigenvalue weighted by molar-refractivity contribution is -0.143. The van der Waals surface area contributed by atoms with Crippen molar-refractivity contribution in [2.45, 2.75) is 13.1 Å². The normalized spacial score (nSPS) is 10.4. The number of carbonyl (C=O) groups is 1. The number of alkyl halides is 3. The van der Waals surface area contributed by atoms with Crippen molar-refractivity contribution in [3.8, 4) is 0 Å². The lowest BCUT2D eigenvalue weighted by Crippen LogP contribution is -2.11. The fourth-order valence-corrected chi connectivity index (χ4v) is 0.876. The van der Waals surface area contributed by atoms with Crippen molar-refractivity contribution < 1.29 is 23.1 Å². The summed E-state index contributed by atoms with van der Waals surface area (Å²) in [5.41, 5.74) is -0.338. The number of carboxylic acid groups (broad SMARTS) is 1. The molecule has 0 radical (unpaired) electrons. The van der Waals surface area contributed by atoms with Crippen LogP contribution >= 0.6 is 0 Å². The molecule has 0 amide bonds. The van der Waals surface area contributed by atoms with Crippen LogP contribution in [0.3, 0.4) is 0 Å². The summed E-state index contributed by atoms with van der Waals surface area (Å²) in [5, 5.41) is 10.5. The summed E-state index contributed by atoms with van der Waals surface area (Å²) >= 11 is 0. The van der Waals surface area contributed by atoms with E-state index >= 15 is 0 Å². The number of nitrogens with zero attached hydrogens (tertiary/aromatic N) is 2. The molecule has 1 N–H and O–H groups in total. The highest BCUT2D eigenvalue weighted by Gasteiger charge is 2.34.